The van der Waals surface area contributed by atoms with Gasteiger partial charge < -0.3 is 50.6 Å². The van der Waals surface area contributed by atoms with Crippen LogP contribution in [0.2, 0.25) is 0 Å². The standard InChI is InChI=1S/C61H65F4N11O7/c1-32(2)55(59(80)75-28-41(78)24-49(75)58(79)68-48(30-77)38-16-14-35(15-17-38)43-6-4-5-7-46(43)62)76-29-47(72-73-76)37-10-8-34(9-11-37)31-82-56-51(54-52(61(63,64)65)33(3)22-50(66)69-54)44(36-12-13-36)25-45-53(56)70-60(83-42-18-20-81-21-19-42)71-57(45)74-27-39-23-40(74)26-67-39/h4-11,14-17,22,25,29,32,36,39-42,48-49,55,67,77-78H,12-13,18-21,23-24,26-28,30-31H2,1-3H3,(H2,66,69)(H,68,79)/t39-,40-,41+,48-,49-,55-/m0/s1. The van der Waals surface area contributed by atoms with Crippen LogP contribution < -0.4 is 30.7 Å². The fourth-order valence-corrected chi connectivity index (χ4v) is 12.3. The molecule has 3 aromatic heterocycles. The van der Waals surface area contributed by atoms with Crippen molar-refractivity contribution in [3.8, 4) is 45.4 Å². The van der Waals surface area contributed by atoms with Gasteiger partial charge >= 0.3 is 12.2 Å². The first-order valence-electron chi connectivity index (χ1n) is 28.4. The molecular formula is C61H65F4N11O7. The third-order valence-corrected chi connectivity index (χ3v) is 16.7. The van der Waals surface area contributed by atoms with Crippen molar-refractivity contribution in [3.05, 3.63) is 125 Å². The Labute approximate surface area is 476 Å². The molecule has 18 nitrogen and oxygen atoms in total. The van der Waals surface area contributed by atoms with Crippen LogP contribution >= 0.6 is 0 Å². The van der Waals surface area contributed by atoms with E-state index in [0.29, 0.717) is 88.4 Å². The quantitative estimate of drug-likeness (QED) is 0.0541. The topological polar surface area (TPSA) is 228 Å². The van der Waals surface area contributed by atoms with Crippen LogP contribution in [0.5, 0.6) is 11.8 Å². The second kappa shape index (κ2) is 22.8. The Hall–Kier alpha value is -7.79. The summed E-state index contributed by atoms with van der Waals surface area (Å²) in [6.45, 7) is 6.86. The van der Waals surface area contributed by atoms with Crippen molar-refractivity contribution in [1.82, 2.24) is 45.5 Å². The van der Waals surface area contributed by atoms with Crippen LogP contribution in [0.3, 0.4) is 0 Å². The molecule has 0 spiro atoms. The number of benzene rings is 4. The number of rotatable bonds is 17. The summed E-state index contributed by atoms with van der Waals surface area (Å²) >= 11 is 0. The Morgan fingerprint density at radius 2 is 1.69 bits per heavy atom. The molecule has 4 aliphatic heterocycles. The number of likely N-dealkylation sites (tertiary alicyclic amines) is 1. The van der Waals surface area contributed by atoms with Crippen LogP contribution in [-0.4, -0.2) is 127 Å². The molecular weight excluding hydrogens is 1070 g/mol. The van der Waals surface area contributed by atoms with E-state index >= 15 is 13.2 Å². The lowest BCUT2D eigenvalue weighted by molar-refractivity contribution is -0.142. The minimum absolute atomic E-state index is 0.0287. The molecule has 22 heteroatoms. The van der Waals surface area contributed by atoms with E-state index in [-0.39, 0.29) is 89.8 Å². The van der Waals surface area contributed by atoms with Gasteiger partial charge in [-0.2, -0.15) is 23.1 Å². The molecule has 7 aromatic rings. The van der Waals surface area contributed by atoms with Crippen LogP contribution in [0.1, 0.15) is 98.2 Å². The van der Waals surface area contributed by atoms with Gasteiger partial charge in [-0.3, -0.25) is 9.59 Å². The number of nitrogen functional groups attached to an aromatic ring is 1. The van der Waals surface area contributed by atoms with Gasteiger partial charge in [-0.05, 0) is 84.0 Å². The van der Waals surface area contributed by atoms with Gasteiger partial charge in [0, 0.05) is 73.1 Å². The molecule has 6 N–H and O–H groups in total. The average Bonchev–Trinajstić information content (AvgIpc) is 3.81. The van der Waals surface area contributed by atoms with Gasteiger partial charge in [0.15, 0.2) is 5.75 Å². The lowest BCUT2D eigenvalue weighted by Crippen LogP contribution is -2.50. The molecule has 6 atom stereocenters. The monoisotopic (exact) mass is 1140 g/mol. The molecule has 5 aliphatic rings. The van der Waals surface area contributed by atoms with Crippen molar-refractivity contribution >= 4 is 34.4 Å². The lowest BCUT2D eigenvalue weighted by Gasteiger charge is -2.31. The summed E-state index contributed by atoms with van der Waals surface area (Å²) in [5, 5.41) is 37.2. The number of β-amino-alcohol motifs (C(OH)–C–C–N with tert-alkyl or cyclic N) is 1. The number of alkyl halides is 3. The van der Waals surface area contributed by atoms with Crippen LogP contribution in [0.25, 0.3) is 44.5 Å². The zero-order chi connectivity index (χ0) is 57.8. The van der Waals surface area contributed by atoms with Crippen molar-refractivity contribution < 1.29 is 51.6 Å². The number of ether oxygens (including phenoxy) is 3. The van der Waals surface area contributed by atoms with Gasteiger partial charge in [-0.1, -0.05) is 85.8 Å². The third kappa shape index (κ3) is 11.3. The van der Waals surface area contributed by atoms with E-state index in [9.17, 15) is 24.2 Å². The number of aliphatic hydroxyl groups is 2. The molecule has 0 radical (unpaired) electrons. The normalized spacial score (nSPS) is 20.8. The highest BCUT2D eigenvalue weighted by molar-refractivity contribution is 6.01. The van der Waals surface area contributed by atoms with Crippen molar-refractivity contribution in [3.63, 3.8) is 0 Å². The van der Waals surface area contributed by atoms with Crippen molar-refractivity contribution in [2.75, 3.05) is 50.1 Å². The maximum absolute atomic E-state index is 15.4. The van der Waals surface area contributed by atoms with Gasteiger partial charge in [0.2, 0.25) is 11.8 Å². The minimum atomic E-state index is -4.80. The number of aliphatic hydroxyl groups excluding tert-OH is 2. The number of piperazine rings is 1. The molecule has 7 heterocycles. The number of carbonyl (C=O) groups excluding carboxylic acids is 2. The molecule has 12 rings (SSSR count). The van der Waals surface area contributed by atoms with E-state index < -0.39 is 54.4 Å². The number of hydrogen-bond acceptors (Lipinski definition) is 15. The number of anilines is 2. The summed E-state index contributed by atoms with van der Waals surface area (Å²) in [5.74, 6) is -1.15. The van der Waals surface area contributed by atoms with Gasteiger partial charge in [0.1, 0.15) is 53.5 Å². The number of hydrogen-bond donors (Lipinski definition) is 5. The molecule has 1 aliphatic carbocycles. The molecule has 2 bridgehead atoms. The van der Waals surface area contributed by atoms with Crippen molar-refractivity contribution in [2.45, 2.75) is 120 Å². The number of aromatic nitrogens is 6. The lowest BCUT2D eigenvalue weighted by atomic mass is 9.92. The minimum Gasteiger partial charge on any atom is -0.486 e. The zero-order valence-corrected chi connectivity index (χ0v) is 46.2. The van der Waals surface area contributed by atoms with Crippen molar-refractivity contribution in [2.24, 2.45) is 5.92 Å². The highest BCUT2D eigenvalue weighted by atomic mass is 19.4. The first-order valence-corrected chi connectivity index (χ1v) is 28.4. The first kappa shape index (κ1) is 55.7. The highest BCUT2D eigenvalue weighted by Crippen LogP contribution is 2.54. The van der Waals surface area contributed by atoms with E-state index in [2.05, 4.69) is 30.8 Å². The maximum atomic E-state index is 15.4. The predicted octanol–water partition coefficient (Wildman–Crippen LogP) is 8.24. The molecule has 4 saturated heterocycles. The van der Waals surface area contributed by atoms with E-state index in [1.807, 2.05) is 44.2 Å². The summed E-state index contributed by atoms with van der Waals surface area (Å²) in [5.41, 5.74) is 9.42. The molecule has 1 saturated carbocycles. The molecule has 2 amide bonds. The number of aryl methyl sites for hydroxylation is 1. The second-order valence-electron chi connectivity index (χ2n) is 22.8. The highest BCUT2D eigenvalue weighted by Gasteiger charge is 2.45. The van der Waals surface area contributed by atoms with Crippen LogP contribution in [0.4, 0.5) is 29.2 Å². The third-order valence-electron chi connectivity index (χ3n) is 16.7. The Balaban J connectivity index is 0.827. The Morgan fingerprint density at radius 3 is 2.36 bits per heavy atom. The number of nitrogens with zero attached hydrogens (tertiary/aromatic N) is 8. The number of nitrogens with two attached hydrogens (primary N) is 1. The van der Waals surface area contributed by atoms with E-state index in [4.69, 9.17) is 29.9 Å². The number of pyridine rings is 1. The second-order valence-corrected chi connectivity index (χ2v) is 22.8. The van der Waals surface area contributed by atoms with E-state index in [1.165, 1.54) is 28.6 Å². The number of carbonyl (C=O) groups is 2. The molecule has 83 heavy (non-hydrogen) atoms. The summed E-state index contributed by atoms with van der Waals surface area (Å²) in [6, 6.07) is 21.2. The summed E-state index contributed by atoms with van der Waals surface area (Å²) in [7, 11) is 0. The number of fused-ring (bicyclic) bond motifs is 3. The molecule has 434 valence electrons. The zero-order valence-electron chi connectivity index (χ0n) is 46.2. The van der Waals surface area contributed by atoms with E-state index in [0.717, 1.165) is 25.8 Å². The fourth-order valence-electron chi connectivity index (χ4n) is 12.3. The fraction of sp³-hybridized carbons (Fsp3) is 0.426. The van der Waals surface area contributed by atoms with Crippen molar-refractivity contribution in [1.29, 1.82) is 0 Å². The molecule has 0 unspecified atom stereocenters. The van der Waals surface area contributed by atoms with Gasteiger partial charge in [0.25, 0.3) is 0 Å². The van der Waals surface area contributed by atoms with Crippen LogP contribution in [0.15, 0.2) is 91.1 Å². The number of amides is 2. The van der Waals surface area contributed by atoms with Gasteiger partial charge in [0.05, 0.1) is 49.4 Å². The van der Waals surface area contributed by atoms with Gasteiger partial charge in [-0.25, -0.2) is 14.1 Å². The first-order chi connectivity index (χ1) is 40.0. The van der Waals surface area contributed by atoms with Gasteiger partial charge in [-0.15, -0.1) is 5.10 Å². The predicted molar refractivity (Wildman–Crippen MR) is 301 cm³/mol. The summed E-state index contributed by atoms with van der Waals surface area (Å²) < 4.78 is 81.1. The number of halogens is 4. The maximum Gasteiger partial charge on any atom is 0.418 e. The molecule has 4 aromatic carbocycles. The number of nitrogens with one attached hydrogen (secondary N) is 2. The Bertz CT molecular complexity index is 3560. The summed E-state index contributed by atoms with van der Waals surface area (Å²) in [6.07, 6.45) is -0.763. The average molecular weight is 1140 g/mol. The summed E-state index contributed by atoms with van der Waals surface area (Å²) in [4.78, 5) is 46.7. The SMILES string of the molecule is Cc1cc(N)nc(-c2c(C3CC3)cc3c(N4C[C@@H]5C[C@H]4CN5)nc(OC4CCOCC4)nc3c2OCc2ccc(-c3cn([C@H](C(=O)N4C[C@H](O)C[C@H]4C(=O)N[C@@H](CO)c4ccc(-c5ccccc5F)cc4)C(C)C)nn3)cc2)c1C(F)(F)F. The van der Waals surface area contributed by atoms with Crippen LogP contribution in [-0.2, 0) is 27.1 Å². The van der Waals surface area contributed by atoms with E-state index in [1.54, 1.807) is 48.7 Å². The smallest absolute Gasteiger partial charge is 0.418 e. The Morgan fingerprint density at radius 1 is 0.940 bits per heavy atom. The molecule has 5 fully saturated rings. The van der Waals surface area contributed by atoms with Crippen LogP contribution in [0, 0.1) is 18.7 Å². The Kier molecular flexibility index (Phi) is 15.3. The largest absolute Gasteiger partial charge is 0.486 e.